The Morgan fingerprint density at radius 2 is 1.83 bits per heavy atom. The van der Waals surface area contributed by atoms with Gasteiger partial charge in [0.05, 0.1) is 11.5 Å². The van der Waals surface area contributed by atoms with E-state index in [1.54, 1.807) is 7.05 Å². The molecule has 4 N–H and O–H groups in total. The van der Waals surface area contributed by atoms with E-state index in [0.717, 1.165) is 65.0 Å². The number of nitriles is 1. The first-order valence-electron chi connectivity index (χ1n) is 14.3. The molecular weight excluding hydrogens is 530 g/mol. The summed E-state index contributed by atoms with van der Waals surface area (Å²) in [5.41, 5.74) is 6.44. The molecule has 2 unspecified atom stereocenters. The molecule has 0 saturated carbocycles. The topological polar surface area (TPSA) is 139 Å². The Morgan fingerprint density at radius 3 is 2.45 bits per heavy atom. The van der Waals surface area contributed by atoms with Crippen LogP contribution in [0.15, 0.2) is 64.6 Å². The second-order valence-corrected chi connectivity index (χ2v) is 10.9. The lowest BCUT2D eigenvalue weighted by molar-refractivity contribution is 0.0963. The number of carbonyl (C=O) groups excluding carboxylic acids is 1. The van der Waals surface area contributed by atoms with Crippen LogP contribution in [0.1, 0.15) is 63.3 Å². The highest BCUT2D eigenvalue weighted by molar-refractivity contribution is 5.94. The van der Waals surface area contributed by atoms with Crippen LogP contribution in [0.5, 0.6) is 0 Å². The minimum atomic E-state index is -0.870. The number of amides is 1. The van der Waals surface area contributed by atoms with E-state index in [1.807, 2.05) is 31.3 Å². The average molecular weight is 568 g/mol. The van der Waals surface area contributed by atoms with Crippen LogP contribution in [-0.2, 0) is 18.3 Å². The van der Waals surface area contributed by atoms with Crippen molar-refractivity contribution in [1.29, 1.82) is 5.26 Å². The first-order chi connectivity index (χ1) is 20.3. The van der Waals surface area contributed by atoms with Gasteiger partial charge in [-0.25, -0.2) is 4.79 Å². The zero-order chi connectivity index (χ0) is 29.9. The number of nitrogens with zero attached hydrogens (tertiary/aromatic N) is 3. The number of nitrogens with one attached hydrogen (secondary N) is 4. The fraction of sp³-hybridized carbons (Fsp3) is 0.375. The highest BCUT2D eigenvalue weighted by Crippen LogP contribution is 2.46. The smallest absolute Gasteiger partial charge is 0.388 e. The van der Waals surface area contributed by atoms with Crippen molar-refractivity contribution in [2.24, 2.45) is 0 Å². The number of aromatic nitrogens is 2. The van der Waals surface area contributed by atoms with Crippen molar-refractivity contribution in [2.75, 3.05) is 33.7 Å². The molecule has 1 fully saturated rings. The lowest BCUT2D eigenvalue weighted by Gasteiger charge is -2.35. The maximum absolute atomic E-state index is 12.6. The van der Waals surface area contributed by atoms with Crippen LogP contribution in [-0.4, -0.2) is 60.7 Å². The van der Waals surface area contributed by atoms with Crippen LogP contribution in [0.25, 0.3) is 5.70 Å². The van der Waals surface area contributed by atoms with Crippen LogP contribution >= 0.6 is 0 Å². The van der Waals surface area contributed by atoms with Gasteiger partial charge in [-0.2, -0.15) is 5.26 Å². The van der Waals surface area contributed by atoms with Gasteiger partial charge in [0.15, 0.2) is 5.82 Å². The molecule has 2 atom stereocenters. The summed E-state index contributed by atoms with van der Waals surface area (Å²) >= 11 is 0. The zero-order valence-electron chi connectivity index (χ0n) is 24.2. The number of H-pyrrole nitrogens is 1. The van der Waals surface area contributed by atoms with E-state index in [9.17, 15) is 14.9 Å². The minimum Gasteiger partial charge on any atom is -0.388 e. The van der Waals surface area contributed by atoms with Crippen molar-refractivity contribution in [2.45, 2.75) is 43.6 Å². The van der Waals surface area contributed by atoms with Crippen molar-refractivity contribution in [3.05, 3.63) is 105 Å². The highest BCUT2D eigenvalue weighted by atomic mass is 16.5. The number of aryl methyl sites for hydroxylation is 2. The molecular formula is C32H37N7O3. The quantitative estimate of drug-likeness (QED) is 0.274. The molecule has 3 aromatic rings. The molecule has 0 radical (unpaired) electrons. The summed E-state index contributed by atoms with van der Waals surface area (Å²) in [6.45, 7) is 10.3. The summed E-state index contributed by atoms with van der Waals surface area (Å²) in [5, 5.41) is 23.1. The molecule has 1 aromatic heterocycles. The number of rotatable bonds is 10. The van der Waals surface area contributed by atoms with E-state index in [1.165, 1.54) is 0 Å². The van der Waals surface area contributed by atoms with Gasteiger partial charge in [0.1, 0.15) is 6.04 Å². The molecule has 1 aliphatic heterocycles. The maximum atomic E-state index is 12.6. The van der Waals surface area contributed by atoms with E-state index in [0.29, 0.717) is 37.3 Å². The zero-order valence-corrected chi connectivity index (χ0v) is 24.2. The van der Waals surface area contributed by atoms with Crippen LogP contribution in [0.4, 0.5) is 0 Å². The van der Waals surface area contributed by atoms with E-state index in [-0.39, 0.29) is 11.9 Å². The summed E-state index contributed by atoms with van der Waals surface area (Å²) < 4.78 is 5.09. The Kier molecular flexibility index (Phi) is 8.31. The second kappa shape index (κ2) is 12.1. The second-order valence-electron chi connectivity index (χ2n) is 10.9. The van der Waals surface area contributed by atoms with Crippen molar-refractivity contribution in [3.8, 4) is 6.07 Å². The third-order valence-corrected chi connectivity index (χ3v) is 8.59. The van der Waals surface area contributed by atoms with Gasteiger partial charge >= 0.3 is 5.76 Å². The van der Waals surface area contributed by atoms with Gasteiger partial charge in [0.25, 0.3) is 5.91 Å². The standard InChI is InChI=1S/C32H37N7O3/c1-20(39-15-5-6-26(39)18-33)19-36-14-13-32(30-37-31(41)42-38-30)27-11-9-22(21(2)34-3)16-23(27)7-8-24-17-25(29(40)35-4)10-12-28(24)32/h9-12,16-17,26,34,36H,1-2,5-8,13-15,19H2,3-4H3,(H,35,40)(H,37,38,41). The van der Waals surface area contributed by atoms with Crippen molar-refractivity contribution in [1.82, 2.24) is 31.0 Å². The van der Waals surface area contributed by atoms with E-state index in [2.05, 4.69) is 62.4 Å². The van der Waals surface area contributed by atoms with E-state index in [4.69, 9.17) is 4.52 Å². The number of aromatic amines is 1. The third kappa shape index (κ3) is 5.23. The SMILES string of the molecule is C=C(NC)c1ccc2c(c1)CCc1cc(C(=O)NC)ccc1C2(CCNCC(=C)N1CCCC1C#N)c1noc(=O)[nH]1. The lowest BCUT2D eigenvalue weighted by atomic mass is 9.69. The molecule has 2 aromatic carbocycles. The molecule has 1 amide bonds. The molecule has 218 valence electrons. The van der Waals surface area contributed by atoms with Crippen molar-refractivity contribution >= 4 is 11.6 Å². The Balaban J connectivity index is 1.58. The van der Waals surface area contributed by atoms with Gasteiger partial charge in [-0.3, -0.25) is 14.3 Å². The molecule has 10 heteroatoms. The van der Waals surface area contributed by atoms with Gasteiger partial charge in [-0.05, 0) is 84.7 Å². The van der Waals surface area contributed by atoms with Crippen LogP contribution < -0.4 is 21.7 Å². The fourth-order valence-corrected chi connectivity index (χ4v) is 6.41. The predicted octanol–water partition coefficient (Wildman–Crippen LogP) is 2.83. The lowest BCUT2D eigenvalue weighted by Crippen LogP contribution is -2.38. The fourth-order valence-electron chi connectivity index (χ4n) is 6.41. The van der Waals surface area contributed by atoms with Crippen LogP contribution in [0, 0.1) is 11.3 Å². The molecule has 1 saturated heterocycles. The van der Waals surface area contributed by atoms with Crippen LogP contribution in [0.2, 0.25) is 0 Å². The Bertz CT molecular complexity index is 1540. The Morgan fingerprint density at radius 1 is 1.14 bits per heavy atom. The number of benzene rings is 2. The molecule has 1 aliphatic carbocycles. The predicted molar refractivity (Wildman–Crippen MR) is 161 cm³/mol. The van der Waals surface area contributed by atoms with Crippen molar-refractivity contribution in [3.63, 3.8) is 0 Å². The minimum absolute atomic E-state index is 0.137. The van der Waals surface area contributed by atoms with Gasteiger partial charge < -0.3 is 20.9 Å². The van der Waals surface area contributed by atoms with Gasteiger partial charge in [0, 0.05) is 44.1 Å². The van der Waals surface area contributed by atoms with E-state index < -0.39 is 11.2 Å². The third-order valence-electron chi connectivity index (χ3n) is 8.59. The first kappa shape index (κ1) is 28.9. The number of hydrogen-bond acceptors (Lipinski definition) is 8. The molecule has 42 heavy (non-hydrogen) atoms. The van der Waals surface area contributed by atoms with Crippen molar-refractivity contribution < 1.29 is 9.32 Å². The maximum Gasteiger partial charge on any atom is 0.438 e. The normalized spacial score (nSPS) is 19.3. The number of fused-ring (bicyclic) bond motifs is 2. The summed E-state index contributed by atoms with van der Waals surface area (Å²) in [6, 6.07) is 14.2. The largest absolute Gasteiger partial charge is 0.438 e. The molecule has 10 nitrogen and oxygen atoms in total. The molecule has 2 heterocycles. The summed E-state index contributed by atoms with van der Waals surface area (Å²) in [7, 11) is 3.46. The summed E-state index contributed by atoms with van der Waals surface area (Å²) in [6.07, 6.45) is 3.79. The summed E-state index contributed by atoms with van der Waals surface area (Å²) in [4.78, 5) is 29.9. The molecule has 0 bridgehead atoms. The number of hydrogen-bond donors (Lipinski definition) is 4. The molecule has 2 aliphatic rings. The highest BCUT2D eigenvalue weighted by Gasteiger charge is 2.44. The van der Waals surface area contributed by atoms with Gasteiger partial charge in [-0.15, -0.1) is 0 Å². The Labute approximate surface area is 245 Å². The number of carbonyl (C=O) groups is 1. The molecule has 5 rings (SSSR count). The first-order valence-corrected chi connectivity index (χ1v) is 14.3. The van der Waals surface area contributed by atoms with Gasteiger partial charge in [0.2, 0.25) is 0 Å². The average Bonchev–Trinajstić information content (AvgIpc) is 3.66. The van der Waals surface area contributed by atoms with Gasteiger partial charge in [-0.1, -0.05) is 36.5 Å². The van der Waals surface area contributed by atoms with E-state index >= 15 is 0 Å². The summed E-state index contributed by atoms with van der Waals surface area (Å²) in [5.74, 6) is -0.378. The molecule has 0 spiro atoms. The van der Waals surface area contributed by atoms with Crippen LogP contribution in [0.3, 0.4) is 0 Å². The number of likely N-dealkylation sites (tertiary alicyclic amines) is 1. The monoisotopic (exact) mass is 567 g/mol. The Hall–Kier alpha value is -4.62.